The van der Waals surface area contributed by atoms with Gasteiger partial charge >= 0.3 is 6.61 Å². The van der Waals surface area contributed by atoms with E-state index in [0.29, 0.717) is 0 Å². The van der Waals surface area contributed by atoms with Crippen LogP contribution in [0.4, 0.5) is 14.5 Å². The van der Waals surface area contributed by atoms with Crippen LogP contribution in [0.3, 0.4) is 0 Å². The second kappa shape index (κ2) is 7.19. The van der Waals surface area contributed by atoms with Gasteiger partial charge in [0.15, 0.2) is 9.84 Å². The number of halogens is 2. The number of amides is 1. The highest BCUT2D eigenvalue weighted by molar-refractivity contribution is 7.92. The Kier molecular flexibility index (Phi) is 5.28. The highest BCUT2D eigenvalue weighted by Gasteiger charge is 2.20. The Morgan fingerprint density at radius 1 is 1.04 bits per heavy atom. The Hall–Kier alpha value is -2.48. The van der Waals surface area contributed by atoms with E-state index in [1.54, 1.807) is 6.07 Å². The maximum atomic E-state index is 12.3. The van der Waals surface area contributed by atoms with E-state index in [0.717, 1.165) is 0 Å². The van der Waals surface area contributed by atoms with E-state index in [9.17, 15) is 22.0 Å². The zero-order valence-corrected chi connectivity index (χ0v) is 12.6. The topological polar surface area (TPSA) is 72.5 Å². The molecule has 2 aromatic carbocycles. The molecule has 2 aromatic rings. The number of carbonyl (C=O) groups is 1. The number of para-hydroxylation sites is 2. The summed E-state index contributed by atoms with van der Waals surface area (Å²) in [5, 5.41) is 2.27. The maximum Gasteiger partial charge on any atom is 0.387 e. The molecule has 2 rings (SSSR count). The van der Waals surface area contributed by atoms with Gasteiger partial charge in [-0.05, 0) is 24.3 Å². The van der Waals surface area contributed by atoms with E-state index in [-0.39, 0.29) is 16.3 Å². The zero-order valence-electron chi connectivity index (χ0n) is 11.8. The van der Waals surface area contributed by atoms with Crippen molar-refractivity contribution in [1.29, 1.82) is 0 Å². The van der Waals surface area contributed by atoms with E-state index < -0.39 is 28.1 Å². The monoisotopic (exact) mass is 341 g/mol. The molecule has 0 fully saturated rings. The first kappa shape index (κ1) is 16.9. The minimum Gasteiger partial charge on any atom is -0.433 e. The van der Waals surface area contributed by atoms with Gasteiger partial charge in [-0.1, -0.05) is 30.3 Å². The predicted octanol–water partition coefficient (Wildman–Crippen LogP) is 2.70. The number of sulfone groups is 1. The Balaban J connectivity index is 2.12. The van der Waals surface area contributed by atoms with Crippen molar-refractivity contribution in [3.8, 4) is 5.75 Å². The lowest BCUT2D eigenvalue weighted by Gasteiger charge is -2.11. The second-order valence-electron chi connectivity index (χ2n) is 4.49. The normalized spacial score (nSPS) is 11.3. The lowest BCUT2D eigenvalue weighted by Crippen LogP contribution is -2.23. The standard InChI is InChI=1S/C15H13F2NO4S/c16-15(17)22-13-9-5-4-8-12(13)18-14(19)10-23(20,21)11-6-2-1-3-7-11/h1-9,15H,10H2,(H,18,19). The third-order valence-electron chi connectivity index (χ3n) is 2.80. The maximum absolute atomic E-state index is 12.3. The Morgan fingerprint density at radius 2 is 1.65 bits per heavy atom. The fourth-order valence-corrected chi connectivity index (χ4v) is 2.99. The Morgan fingerprint density at radius 3 is 2.30 bits per heavy atom. The van der Waals surface area contributed by atoms with Crippen LogP contribution in [0.5, 0.6) is 5.75 Å². The van der Waals surface area contributed by atoms with Crippen LogP contribution in [-0.4, -0.2) is 26.7 Å². The molecule has 0 spiro atoms. The van der Waals surface area contributed by atoms with Gasteiger partial charge in [-0.25, -0.2) is 8.42 Å². The number of carbonyl (C=O) groups excluding carboxylic acids is 1. The first-order valence-corrected chi connectivity index (χ1v) is 8.15. The van der Waals surface area contributed by atoms with E-state index >= 15 is 0 Å². The van der Waals surface area contributed by atoms with Gasteiger partial charge in [0.2, 0.25) is 5.91 Å². The van der Waals surface area contributed by atoms with Crippen molar-refractivity contribution >= 4 is 21.4 Å². The summed E-state index contributed by atoms with van der Waals surface area (Å²) in [5.74, 6) is -1.90. The molecule has 1 N–H and O–H groups in total. The number of alkyl halides is 2. The van der Waals surface area contributed by atoms with Crippen molar-refractivity contribution in [2.45, 2.75) is 11.5 Å². The molecule has 0 unspecified atom stereocenters. The third-order valence-corrected chi connectivity index (χ3v) is 4.43. The highest BCUT2D eigenvalue weighted by atomic mass is 32.2. The molecule has 0 radical (unpaired) electrons. The minimum absolute atomic E-state index is 0.00673. The summed E-state index contributed by atoms with van der Waals surface area (Å²) in [4.78, 5) is 11.9. The fourth-order valence-electron chi connectivity index (χ4n) is 1.84. The molecule has 8 heteroatoms. The fraction of sp³-hybridized carbons (Fsp3) is 0.133. The summed E-state index contributed by atoms with van der Waals surface area (Å²) in [7, 11) is -3.82. The smallest absolute Gasteiger partial charge is 0.387 e. The van der Waals surface area contributed by atoms with E-state index in [1.807, 2.05) is 0 Å². The second-order valence-corrected chi connectivity index (χ2v) is 6.48. The number of benzene rings is 2. The molecule has 0 saturated heterocycles. The third kappa shape index (κ3) is 4.75. The SMILES string of the molecule is O=C(CS(=O)(=O)c1ccccc1)Nc1ccccc1OC(F)F. The Bertz CT molecular complexity index is 779. The van der Waals surface area contributed by atoms with Crippen molar-refractivity contribution in [1.82, 2.24) is 0 Å². The van der Waals surface area contributed by atoms with Crippen molar-refractivity contribution < 1.29 is 26.7 Å². The molecule has 0 aliphatic heterocycles. The highest BCUT2D eigenvalue weighted by Crippen LogP contribution is 2.25. The van der Waals surface area contributed by atoms with Crippen LogP contribution in [0.25, 0.3) is 0 Å². The largest absolute Gasteiger partial charge is 0.433 e. The quantitative estimate of drug-likeness (QED) is 0.877. The summed E-state index contributed by atoms with van der Waals surface area (Å²) < 4.78 is 53.0. The van der Waals surface area contributed by atoms with Crippen molar-refractivity contribution in [2.75, 3.05) is 11.1 Å². The molecule has 122 valence electrons. The lowest BCUT2D eigenvalue weighted by molar-refractivity contribution is -0.114. The van der Waals surface area contributed by atoms with Gasteiger partial charge in [0.1, 0.15) is 11.5 Å². The number of hydrogen-bond donors (Lipinski definition) is 1. The number of nitrogens with one attached hydrogen (secondary N) is 1. The molecule has 0 atom stereocenters. The van der Waals surface area contributed by atoms with Gasteiger partial charge in [0.25, 0.3) is 0 Å². The molecule has 0 saturated carbocycles. The van der Waals surface area contributed by atoms with E-state index in [1.165, 1.54) is 48.5 Å². The molecule has 0 aromatic heterocycles. The molecule has 23 heavy (non-hydrogen) atoms. The van der Waals surface area contributed by atoms with Crippen LogP contribution in [0.1, 0.15) is 0 Å². The zero-order chi connectivity index (χ0) is 16.9. The van der Waals surface area contributed by atoms with E-state index in [2.05, 4.69) is 10.1 Å². The van der Waals surface area contributed by atoms with Crippen molar-refractivity contribution in [3.63, 3.8) is 0 Å². The van der Waals surface area contributed by atoms with Gasteiger partial charge in [-0.3, -0.25) is 4.79 Å². The molecular formula is C15H13F2NO4S. The molecule has 0 heterocycles. The summed E-state index contributed by atoms with van der Waals surface area (Å²) >= 11 is 0. The summed E-state index contributed by atoms with van der Waals surface area (Å²) in [6, 6.07) is 13.0. The Labute approximate surface area is 131 Å². The van der Waals surface area contributed by atoms with Crippen LogP contribution >= 0.6 is 0 Å². The summed E-state index contributed by atoms with van der Waals surface area (Å²) in [6.07, 6.45) is 0. The average Bonchev–Trinajstić information content (AvgIpc) is 2.49. The average molecular weight is 341 g/mol. The van der Waals surface area contributed by atoms with Crippen LogP contribution < -0.4 is 10.1 Å². The first-order chi connectivity index (χ1) is 10.9. The molecule has 0 aliphatic carbocycles. The molecule has 0 aliphatic rings. The first-order valence-electron chi connectivity index (χ1n) is 6.50. The number of anilines is 1. The molecule has 1 amide bonds. The van der Waals surface area contributed by atoms with Crippen LogP contribution in [-0.2, 0) is 14.6 Å². The van der Waals surface area contributed by atoms with Crippen LogP contribution in [0.2, 0.25) is 0 Å². The van der Waals surface area contributed by atoms with Gasteiger partial charge in [0, 0.05) is 0 Å². The van der Waals surface area contributed by atoms with Crippen molar-refractivity contribution in [2.24, 2.45) is 0 Å². The number of ether oxygens (including phenoxy) is 1. The van der Waals surface area contributed by atoms with Crippen LogP contribution in [0, 0.1) is 0 Å². The van der Waals surface area contributed by atoms with E-state index in [4.69, 9.17) is 0 Å². The number of hydrogen-bond acceptors (Lipinski definition) is 4. The number of rotatable bonds is 6. The van der Waals surface area contributed by atoms with Gasteiger partial charge in [0.05, 0.1) is 10.6 Å². The van der Waals surface area contributed by atoms with Crippen molar-refractivity contribution in [3.05, 3.63) is 54.6 Å². The van der Waals surface area contributed by atoms with Crippen LogP contribution in [0.15, 0.2) is 59.5 Å². The van der Waals surface area contributed by atoms with Gasteiger partial charge < -0.3 is 10.1 Å². The summed E-state index contributed by atoms with van der Waals surface area (Å²) in [6.45, 7) is -3.05. The van der Waals surface area contributed by atoms with Gasteiger partial charge in [-0.2, -0.15) is 8.78 Å². The molecule has 0 bridgehead atoms. The minimum atomic E-state index is -3.82. The lowest BCUT2D eigenvalue weighted by atomic mass is 10.3. The van der Waals surface area contributed by atoms with Gasteiger partial charge in [-0.15, -0.1) is 0 Å². The summed E-state index contributed by atoms with van der Waals surface area (Å²) in [5.41, 5.74) is -0.0268. The molecular weight excluding hydrogens is 328 g/mol. The predicted molar refractivity (Wildman–Crippen MR) is 80.2 cm³/mol. The molecule has 5 nitrogen and oxygen atoms in total.